The molecule has 0 saturated carbocycles. The second-order valence-electron chi connectivity index (χ2n) is 2.86. The first kappa shape index (κ1) is 10.5. The van der Waals surface area contributed by atoms with E-state index in [-0.39, 0.29) is 5.75 Å². The minimum absolute atomic E-state index is 0.303. The Morgan fingerprint density at radius 1 is 1.62 bits per heavy atom. The lowest BCUT2D eigenvalue weighted by Crippen LogP contribution is -2.05. The molecule has 3 N–H and O–H groups in total. The third kappa shape index (κ3) is 2.00. The Morgan fingerprint density at radius 2 is 2.23 bits per heavy atom. The molecule has 0 atom stereocenters. The lowest BCUT2D eigenvalue weighted by molar-refractivity contribution is 0.425. The number of rotatable bonds is 2. The molecule has 1 aromatic rings. The second-order valence-corrected chi connectivity index (χ2v) is 3.65. The van der Waals surface area contributed by atoms with Crippen molar-refractivity contribution in [3.05, 3.63) is 27.5 Å². The van der Waals surface area contributed by atoms with Gasteiger partial charge in [0.25, 0.3) is 0 Å². The van der Waals surface area contributed by atoms with Gasteiger partial charge < -0.3 is 10.8 Å². The number of nitrogens with two attached hydrogens (primary N) is 1. The Kier molecular flexibility index (Phi) is 3.27. The first-order chi connectivity index (χ1) is 6.07. The van der Waals surface area contributed by atoms with Crippen molar-refractivity contribution in [3.8, 4) is 5.75 Å². The van der Waals surface area contributed by atoms with E-state index in [4.69, 9.17) is 5.73 Å². The van der Waals surface area contributed by atoms with Gasteiger partial charge in [0, 0.05) is 10.0 Å². The highest BCUT2D eigenvalue weighted by atomic mass is 79.9. The van der Waals surface area contributed by atoms with Gasteiger partial charge in [-0.25, -0.2) is 4.39 Å². The number of hydrogen-bond acceptors (Lipinski definition) is 2. The van der Waals surface area contributed by atoms with Crippen LogP contribution in [-0.4, -0.2) is 11.7 Å². The maximum Gasteiger partial charge on any atom is 0.165 e. The van der Waals surface area contributed by atoms with Crippen LogP contribution >= 0.6 is 15.9 Å². The SMILES string of the molecule is Cc1cc(F)c(O)c(CCN)c1Br. The number of halogens is 2. The van der Waals surface area contributed by atoms with Crippen LogP contribution in [0.4, 0.5) is 4.39 Å². The summed E-state index contributed by atoms with van der Waals surface area (Å²) in [4.78, 5) is 0. The molecule has 0 aliphatic carbocycles. The fraction of sp³-hybridized carbons (Fsp3) is 0.333. The van der Waals surface area contributed by atoms with Crippen LogP contribution in [0.25, 0.3) is 0 Å². The van der Waals surface area contributed by atoms with Crippen LogP contribution in [0.5, 0.6) is 5.75 Å². The highest BCUT2D eigenvalue weighted by Crippen LogP contribution is 2.31. The van der Waals surface area contributed by atoms with Gasteiger partial charge in [-0.2, -0.15) is 0 Å². The summed E-state index contributed by atoms with van der Waals surface area (Å²) in [6, 6.07) is 1.29. The minimum atomic E-state index is -0.593. The standard InChI is InChI=1S/C9H11BrFNO/c1-5-4-7(11)9(13)6(2-3-12)8(5)10/h4,13H,2-3,12H2,1H3. The number of aryl methyl sites for hydroxylation is 1. The van der Waals surface area contributed by atoms with E-state index in [1.54, 1.807) is 6.92 Å². The lowest BCUT2D eigenvalue weighted by Gasteiger charge is -2.09. The predicted molar refractivity (Wildman–Crippen MR) is 53.3 cm³/mol. The van der Waals surface area contributed by atoms with Gasteiger partial charge in [-0.3, -0.25) is 0 Å². The maximum atomic E-state index is 13.0. The number of phenolic OH excluding ortho intramolecular Hbond substituents is 1. The zero-order valence-electron chi connectivity index (χ0n) is 7.27. The molecule has 0 saturated heterocycles. The molecule has 13 heavy (non-hydrogen) atoms. The fourth-order valence-corrected chi connectivity index (χ4v) is 1.68. The normalized spacial score (nSPS) is 10.5. The Bertz CT molecular complexity index is 302. The van der Waals surface area contributed by atoms with Gasteiger partial charge in [0.2, 0.25) is 0 Å². The first-order valence-corrected chi connectivity index (χ1v) is 4.73. The third-order valence-corrected chi connectivity index (χ3v) is 2.96. The third-order valence-electron chi connectivity index (χ3n) is 1.86. The molecular formula is C9H11BrFNO. The molecule has 0 bridgehead atoms. The lowest BCUT2D eigenvalue weighted by atomic mass is 10.1. The molecule has 1 aromatic carbocycles. The van der Waals surface area contributed by atoms with Crippen LogP contribution in [0.1, 0.15) is 11.1 Å². The summed E-state index contributed by atoms with van der Waals surface area (Å²) < 4.78 is 13.8. The number of hydrogen-bond donors (Lipinski definition) is 2. The summed E-state index contributed by atoms with van der Waals surface area (Å²) >= 11 is 3.28. The van der Waals surface area contributed by atoms with Gasteiger partial charge in [0.1, 0.15) is 0 Å². The monoisotopic (exact) mass is 247 g/mol. The molecule has 1 rings (SSSR count). The number of aromatic hydroxyl groups is 1. The van der Waals surface area contributed by atoms with Gasteiger partial charge in [0.05, 0.1) is 0 Å². The molecule has 0 aliphatic rings. The van der Waals surface area contributed by atoms with Crippen molar-refractivity contribution in [2.45, 2.75) is 13.3 Å². The quantitative estimate of drug-likeness (QED) is 0.841. The molecule has 72 valence electrons. The van der Waals surface area contributed by atoms with Crippen molar-refractivity contribution in [1.82, 2.24) is 0 Å². The van der Waals surface area contributed by atoms with Crippen LogP contribution in [0.3, 0.4) is 0 Å². The van der Waals surface area contributed by atoms with Gasteiger partial charge in [-0.1, -0.05) is 15.9 Å². The fourth-order valence-electron chi connectivity index (χ4n) is 1.18. The molecule has 0 spiro atoms. The van der Waals surface area contributed by atoms with Crippen molar-refractivity contribution < 1.29 is 9.50 Å². The number of phenols is 1. The van der Waals surface area contributed by atoms with Crippen molar-refractivity contribution in [1.29, 1.82) is 0 Å². The van der Waals surface area contributed by atoms with E-state index >= 15 is 0 Å². The predicted octanol–water partition coefficient (Wildman–Crippen LogP) is 2.10. The molecule has 0 amide bonds. The van der Waals surface area contributed by atoms with Crippen LogP contribution < -0.4 is 5.73 Å². The maximum absolute atomic E-state index is 13.0. The molecule has 2 nitrogen and oxygen atoms in total. The molecule has 0 fully saturated rings. The van der Waals surface area contributed by atoms with Gasteiger partial charge in [-0.15, -0.1) is 0 Å². The van der Waals surface area contributed by atoms with Crippen molar-refractivity contribution >= 4 is 15.9 Å². The van der Waals surface area contributed by atoms with E-state index in [9.17, 15) is 9.50 Å². The molecule has 0 aromatic heterocycles. The van der Waals surface area contributed by atoms with Crippen LogP contribution in [0.2, 0.25) is 0 Å². The minimum Gasteiger partial charge on any atom is -0.505 e. The second kappa shape index (κ2) is 4.07. The molecule has 0 unspecified atom stereocenters. The van der Waals surface area contributed by atoms with Crippen molar-refractivity contribution in [2.24, 2.45) is 5.73 Å². The molecule has 0 radical (unpaired) electrons. The van der Waals surface area contributed by atoms with E-state index in [0.29, 0.717) is 18.5 Å². The molecule has 0 heterocycles. The average molecular weight is 248 g/mol. The summed E-state index contributed by atoms with van der Waals surface area (Å²) in [7, 11) is 0. The van der Waals surface area contributed by atoms with Crippen molar-refractivity contribution in [2.75, 3.05) is 6.54 Å². The highest BCUT2D eigenvalue weighted by Gasteiger charge is 2.12. The van der Waals surface area contributed by atoms with Crippen molar-refractivity contribution in [3.63, 3.8) is 0 Å². The number of benzene rings is 1. The Balaban J connectivity index is 3.28. The summed E-state index contributed by atoms with van der Waals surface area (Å²) in [6.45, 7) is 2.15. The summed E-state index contributed by atoms with van der Waals surface area (Å²) in [5.41, 5.74) is 6.65. The van der Waals surface area contributed by atoms with E-state index in [1.165, 1.54) is 6.07 Å². The average Bonchev–Trinajstić information content (AvgIpc) is 2.09. The van der Waals surface area contributed by atoms with Gasteiger partial charge in [-0.05, 0) is 31.5 Å². The van der Waals surface area contributed by atoms with Crippen LogP contribution in [0, 0.1) is 12.7 Å². The summed E-state index contributed by atoms with van der Waals surface area (Å²) in [5, 5.41) is 9.37. The van der Waals surface area contributed by atoms with Crippen LogP contribution in [-0.2, 0) is 6.42 Å². The molecular weight excluding hydrogens is 237 g/mol. The topological polar surface area (TPSA) is 46.2 Å². The Labute approximate surface area is 84.7 Å². The molecule has 4 heteroatoms. The zero-order chi connectivity index (χ0) is 10.0. The summed E-state index contributed by atoms with van der Waals surface area (Å²) in [6.07, 6.45) is 0.463. The van der Waals surface area contributed by atoms with E-state index in [2.05, 4.69) is 15.9 Å². The Hall–Kier alpha value is -0.610. The summed E-state index contributed by atoms with van der Waals surface area (Å²) in [5.74, 6) is -0.896. The highest BCUT2D eigenvalue weighted by molar-refractivity contribution is 9.10. The smallest absolute Gasteiger partial charge is 0.165 e. The zero-order valence-corrected chi connectivity index (χ0v) is 8.86. The first-order valence-electron chi connectivity index (χ1n) is 3.94. The molecule has 0 aliphatic heterocycles. The van der Waals surface area contributed by atoms with E-state index in [0.717, 1.165) is 10.0 Å². The Morgan fingerprint density at radius 3 is 2.77 bits per heavy atom. The van der Waals surface area contributed by atoms with Crippen LogP contribution in [0.15, 0.2) is 10.5 Å². The van der Waals surface area contributed by atoms with E-state index < -0.39 is 5.82 Å². The largest absolute Gasteiger partial charge is 0.505 e. The van der Waals surface area contributed by atoms with Gasteiger partial charge >= 0.3 is 0 Å². The van der Waals surface area contributed by atoms with E-state index in [1.807, 2.05) is 0 Å². The van der Waals surface area contributed by atoms with Gasteiger partial charge in [0.15, 0.2) is 11.6 Å².